The van der Waals surface area contributed by atoms with Gasteiger partial charge >= 0.3 is 0 Å². The molecule has 0 aliphatic heterocycles. The molecule has 4 amide bonds. The lowest BCUT2D eigenvalue weighted by Crippen LogP contribution is -2.45. The van der Waals surface area contributed by atoms with Gasteiger partial charge in [-0.3, -0.25) is 19.2 Å². The maximum absolute atomic E-state index is 13.3. The van der Waals surface area contributed by atoms with E-state index in [1.165, 1.54) is 21.2 Å². The molecule has 0 radical (unpaired) electrons. The Morgan fingerprint density at radius 3 is 1.00 bits per heavy atom. The van der Waals surface area contributed by atoms with Gasteiger partial charge in [0.2, 0.25) is 11.8 Å². The second-order valence-electron chi connectivity index (χ2n) is 15.2. The molecule has 10 heteroatoms. The number of benzene rings is 6. The summed E-state index contributed by atoms with van der Waals surface area (Å²) in [6, 6.07) is 55.4. The maximum atomic E-state index is 13.3. The summed E-state index contributed by atoms with van der Waals surface area (Å²) in [5, 5.41) is 18.6. The zero-order valence-electron chi connectivity index (χ0n) is 35.5. The summed E-state index contributed by atoms with van der Waals surface area (Å²) in [5.41, 5.74) is 1.05. The predicted molar refractivity (Wildman–Crippen MR) is 258 cm³/mol. The van der Waals surface area contributed by atoms with Crippen LogP contribution in [-0.2, 0) is 9.59 Å². The molecule has 2 atom stereocenters. The van der Waals surface area contributed by atoms with Crippen molar-refractivity contribution in [2.24, 2.45) is 0 Å². The van der Waals surface area contributed by atoms with Gasteiger partial charge in [0.05, 0.1) is 0 Å². The highest BCUT2D eigenvalue weighted by Gasteiger charge is 2.22. The van der Waals surface area contributed by atoms with Crippen LogP contribution < -0.4 is 53.1 Å². The van der Waals surface area contributed by atoms with Crippen LogP contribution in [0.2, 0.25) is 0 Å². The summed E-state index contributed by atoms with van der Waals surface area (Å²) in [6.07, 6.45) is 5.65. The number of rotatable bonds is 21. The van der Waals surface area contributed by atoms with E-state index in [2.05, 4.69) is 81.9 Å². The third kappa shape index (κ3) is 13.3. The van der Waals surface area contributed by atoms with Gasteiger partial charge in [-0.05, 0) is 98.6 Å². The first-order chi connectivity index (χ1) is 30.3. The summed E-state index contributed by atoms with van der Waals surface area (Å²) in [7, 11) is -1.71. The molecule has 6 aromatic carbocycles. The fourth-order valence-corrected chi connectivity index (χ4v) is 11.8. The van der Waals surface area contributed by atoms with E-state index in [0.717, 1.165) is 49.1 Å². The number of carbonyl (C=O) groups excluding carboxylic acids is 4. The van der Waals surface area contributed by atoms with Crippen LogP contribution >= 0.6 is 15.8 Å². The van der Waals surface area contributed by atoms with E-state index in [1.54, 1.807) is 26.0 Å². The Hall–Kier alpha value is -5.94. The summed E-state index contributed by atoms with van der Waals surface area (Å²) in [5.74, 6) is -0.972. The molecule has 0 fully saturated rings. The molecule has 6 rings (SSSR count). The van der Waals surface area contributed by atoms with E-state index < -0.39 is 27.9 Å². The lowest BCUT2D eigenvalue weighted by molar-refractivity contribution is -0.123. The maximum Gasteiger partial charge on any atom is 0.251 e. The van der Waals surface area contributed by atoms with Crippen LogP contribution in [0, 0.1) is 0 Å². The topological polar surface area (TPSA) is 116 Å². The predicted octanol–water partition coefficient (Wildman–Crippen LogP) is 6.71. The molecular formula is C52H56N4O4P2. The van der Waals surface area contributed by atoms with E-state index in [0.29, 0.717) is 24.2 Å². The van der Waals surface area contributed by atoms with E-state index in [1.807, 2.05) is 97.1 Å². The van der Waals surface area contributed by atoms with E-state index in [9.17, 15) is 19.2 Å². The van der Waals surface area contributed by atoms with Crippen molar-refractivity contribution < 1.29 is 19.2 Å². The molecule has 0 aliphatic carbocycles. The molecular weight excluding hydrogens is 807 g/mol. The van der Waals surface area contributed by atoms with Gasteiger partial charge in [-0.15, -0.1) is 0 Å². The fraction of sp³-hybridized carbons (Fsp3) is 0.231. The van der Waals surface area contributed by atoms with Crippen molar-refractivity contribution in [3.8, 4) is 0 Å². The van der Waals surface area contributed by atoms with E-state index in [-0.39, 0.29) is 23.6 Å². The lowest BCUT2D eigenvalue weighted by Gasteiger charge is -2.20. The Bertz CT molecular complexity index is 2100. The van der Waals surface area contributed by atoms with E-state index >= 15 is 0 Å². The van der Waals surface area contributed by atoms with Crippen LogP contribution in [0.25, 0.3) is 0 Å². The monoisotopic (exact) mass is 862 g/mol. The van der Waals surface area contributed by atoms with Gasteiger partial charge in [-0.2, -0.15) is 0 Å². The second-order valence-corrected chi connectivity index (χ2v) is 19.6. The number of hydrogen-bond acceptors (Lipinski definition) is 4. The number of amides is 4. The summed E-state index contributed by atoms with van der Waals surface area (Å²) in [6.45, 7) is 4.49. The van der Waals surface area contributed by atoms with Crippen molar-refractivity contribution in [1.82, 2.24) is 21.3 Å². The van der Waals surface area contributed by atoms with Gasteiger partial charge in [-0.1, -0.05) is 171 Å². The minimum Gasteiger partial charge on any atom is -0.354 e. The van der Waals surface area contributed by atoms with Gasteiger partial charge in [0.1, 0.15) is 12.1 Å². The molecule has 0 heterocycles. The Morgan fingerprint density at radius 2 is 0.677 bits per heavy atom. The van der Waals surface area contributed by atoms with Crippen LogP contribution in [-0.4, -0.2) is 48.8 Å². The fourth-order valence-electron chi connectivity index (χ4n) is 7.15. The quantitative estimate of drug-likeness (QED) is 0.0476. The smallest absolute Gasteiger partial charge is 0.251 e. The van der Waals surface area contributed by atoms with Crippen molar-refractivity contribution in [1.29, 1.82) is 0 Å². The van der Waals surface area contributed by atoms with Crippen LogP contribution in [0.4, 0.5) is 0 Å². The Kier molecular flexibility index (Phi) is 17.6. The van der Waals surface area contributed by atoms with Crippen molar-refractivity contribution in [3.05, 3.63) is 181 Å². The standard InChI is InChI=1S/C52H56N4O4P2/c1-39(55-51(59)41-23-21-33-47(37-41)61(43-25-11-7-12-26-43)44-27-13-8-14-28-44)49(57)53-35-19-5-3-4-6-20-36-54-50(58)40(2)56-52(60)42-24-22-34-48(38-42)62(45-29-15-9-16-30-45)46-31-17-10-18-32-46/h7-18,21-34,37-40H,3-6,19-20,35-36H2,1-2H3,(H,53,57)(H,54,58)(H,55,59)(H,56,60)/t39-,40-/m0/s1. The van der Waals surface area contributed by atoms with Crippen molar-refractivity contribution in [2.75, 3.05) is 13.1 Å². The molecule has 0 spiro atoms. The van der Waals surface area contributed by atoms with E-state index in [4.69, 9.17) is 0 Å². The highest BCUT2D eigenvalue weighted by Crippen LogP contribution is 2.34. The van der Waals surface area contributed by atoms with Crippen LogP contribution in [0.1, 0.15) is 73.1 Å². The average Bonchev–Trinajstić information content (AvgIpc) is 3.31. The first kappa shape index (κ1) is 45.6. The first-order valence-electron chi connectivity index (χ1n) is 21.5. The third-order valence-corrected chi connectivity index (χ3v) is 15.3. The highest BCUT2D eigenvalue weighted by atomic mass is 31.1. The molecule has 0 saturated heterocycles. The number of carbonyl (C=O) groups is 4. The largest absolute Gasteiger partial charge is 0.354 e. The molecule has 0 unspecified atom stereocenters. The Balaban J connectivity index is 0.851. The van der Waals surface area contributed by atoms with Crippen LogP contribution in [0.15, 0.2) is 170 Å². The molecule has 0 aliphatic rings. The van der Waals surface area contributed by atoms with Crippen molar-refractivity contribution in [3.63, 3.8) is 0 Å². The average molecular weight is 863 g/mol. The lowest BCUT2D eigenvalue weighted by atomic mass is 10.1. The number of nitrogens with one attached hydrogen (secondary N) is 4. The molecule has 62 heavy (non-hydrogen) atoms. The summed E-state index contributed by atoms with van der Waals surface area (Å²) in [4.78, 5) is 52.3. The molecule has 8 nitrogen and oxygen atoms in total. The molecule has 6 aromatic rings. The van der Waals surface area contributed by atoms with Gasteiger partial charge in [0.25, 0.3) is 11.8 Å². The first-order valence-corrected chi connectivity index (χ1v) is 24.1. The molecule has 4 N–H and O–H groups in total. The molecule has 0 aromatic heterocycles. The van der Waals surface area contributed by atoms with Gasteiger partial charge in [-0.25, -0.2) is 0 Å². The SMILES string of the molecule is C[C@H](NC(=O)c1cccc(P(c2ccccc2)c2ccccc2)c1)C(=O)NCCCCCCCCNC(=O)[C@H](C)NC(=O)c1cccc(P(c2ccccc2)c2ccccc2)c1. The highest BCUT2D eigenvalue weighted by molar-refractivity contribution is 7.80. The Labute approximate surface area is 368 Å². The Morgan fingerprint density at radius 1 is 0.387 bits per heavy atom. The van der Waals surface area contributed by atoms with Crippen LogP contribution in [0.5, 0.6) is 0 Å². The summed E-state index contributed by atoms with van der Waals surface area (Å²) < 4.78 is 0. The van der Waals surface area contributed by atoms with Crippen LogP contribution in [0.3, 0.4) is 0 Å². The van der Waals surface area contributed by atoms with Crippen molar-refractivity contribution in [2.45, 2.75) is 64.5 Å². The number of hydrogen-bond donors (Lipinski definition) is 4. The van der Waals surface area contributed by atoms with Crippen molar-refractivity contribution >= 4 is 71.3 Å². The van der Waals surface area contributed by atoms with Gasteiger partial charge in [0, 0.05) is 24.2 Å². The zero-order valence-corrected chi connectivity index (χ0v) is 37.3. The molecule has 0 saturated carbocycles. The second kappa shape index (κ2) is 23.9. The minimum atomic E-state index is -0.854. The minimum absolute atomic E-state index is 0.208. The summed E-state index contributed by atoms with van der Waals surface area (Å²) >= 11 is 0. The van der Waals surface area contributed by atoms with Gasteiger partial charge in [0.15, 0.2) is 0 Å². The molecule has 0 bridgehead atoms. The number of unbranched alkanes of at least 4 members (excludes halogenated alkanes) is 5. The van der Waals surface area contributed by atoms with Gasteiger partial charge < -0.3 is 21.3 Å². The zero-order chi connectivity index (χ0) is 43.5. The normalized spacial score (nSPS) is 12.0. The third-order valence-electron chi connectivity index (χ3n) is 10.5. The molecule has 318 valence electrons.